The van der Waals surface area contributed by atoms with E-state index in [1.165, 1.54) is 50.8 Å². The fourth-order valence-corrected chi connectivity index (χ4v) is 7.72. The molecule has 2 nitrogen and oxygen atoms in total. The van der Waals surface area contributed by atoms with Crippen molar-refractivity contribution in [1.82, 2.24) is 0 Å². The van der Waals surface area contributed by atoms with E-state index in [1.807, 2.05) is 60.3 Å². The van der Waals surface area contributed by atoms with Gasteiger partial charge in [0.15, 0.2) is 0 Å². The van der Waals surface area contributed by atoms with Gasteiger partial charge >= 0.3 is 0 Å². The first kappa shape index (κ1) is 20.3. The minimum atomic E-state index is 1.05. The maximum Gasteiger partial charge on any atom is 0.0661 e. The van der Waals surface area contributed by atoms with Crippen LogP contribution in [0.25, 0.3) is 39.7 Å². The predicted octanol–water partition coefficient (Wildman–Crippen LogP) is 9.57. The van der Waals surface area contributed by atoms with Crippen LogP contribution in [0, 0.1) is 13.8 Å². The summed E-state index contributed by atoms with van der Waals surface area (Å²) in [6, 6.07) is 17.8. The molecule has 3 heterocycles. The van der Waals surface area contributed by atoms with Crippen molar-refractivity contribution in [3.63, 3.8) is 0 Å². The fourth-order valence-electron chi connectivity index (χ4n) is 3.70. The lowest BCUT2D eigenvalue weighted by atomic mass is 10.1. The monoisotopic (exact) mass is 458 g/mol. The smallest absolute Gasteiger partial charge is 0.0661 e. The Morgan fingerprint density at radius 2 is 1.06 bits per heavy atom. The van der Waals surface area contributed by atoms with Gasteiger partial charge in [0.1, 0.15) is 0 Å². The van der Waals surface area contributed by atoms with Gasteiger partial charge in [-0.05, 0) is 74.2 Å². The minimum absolute atomic E-state index is 1.05. The van der Waals surface area contributed by atoms with Crippen molar-refractivity contribution in [2.75, 3.05) is 0 Å². The summed E-state index contributed by atoms with van der Waals surface area (Å²) in [6.07, 6.45) is 3.72. The third-order valence-electron chi connectivity index (χ3n) is 5.35. The van der Waals surface area contributed by atoms with Gasteiger partial charge in [-0.15, -0.1) is 34.0 Å². The van der Waals surface area contributed by atoms with Gasteiger partial charge in [0.25, 0.3) is 0 Å². The highest BCUT2D eigenvalue weighted by molar-refractivity contribution is 7.40. The summed E-state index contributed by atoms with van der Waals surface area (Å²) in [5.74, 6) is 0. The van der Waals surface area contributed by atoms with E-state index in [-0.39, 0.29) is 0 Å². The summed E-state index contributed by atoms with van der Waals surface area (Å²) in [7, 11) is 0. The Bertz CT molecular complexity index is 1370. The molecule has 2 aromatic carbocycles. The molecule has 0 spiro atoms. The molecule has 0 fully saturated rings. The molecule has 5 heteroatoms. The molecule has 5 aromatic rings. The molecule has 0 saturated carbocycles. The minimum Gasteiger partial charge on any atom is -0.261 e. The van der Waals surface area contributed by atoms with Crippen molar-refractivity contribution in [2.45, 2.75) is 27.7 Å². The molecule has 0 aliphatic heterocycles. The van der Waals surface area contributed by atoms with Crippen LogP contribution in [-0.4, -0.2) is 12.4 Å². The fraction of sp³-hybridized carbons (Fsp3) is 0.154. The molecule has 31 heavy (non-hydrogen) atoms. The second-order valence-corrected chi connectivity index (χ2v) is 10.7. The number of aliphatic imine (C=N–C) groups is 2. The first-order valence-corrected chi connectivity index (χ1v) is 12.7. The summed E-state index contributed by atoms with van der Waals surface area (Å²) in [6.45, 7) is 8.14. The summed E-state index contributed by atoms with van der Waals surface area (Å²) < 4.78 is 5.53. The molecule has 0 N–H and O–H groups in total. The average Bonchev–Trinajstić information content (AvgIpc) is 3.42. The van der Waals surface area contributed by atoms with E-state index in [2.05, 4.69) is 72.4 Å². The molecule has 0 aliphatic carbocycles. The zero-order valence-corrected chi connectivity index (χ0v) is 20.3. The number of rotatable bonds is 4. The molecule has 0 atom stereocenters. The maximum atomic E-state index is 4.52. The lowest BCUT2D eigenvalue weighted by molar-refractivity contribution is 1.40. The SMILES string of the molecule is C/C=N\c1cc(-c2cc3sc4cc(-c5ccc(C)c(/N=C\C)c5)sc4c3s2)ccc1C. The van der Waals surface area contributed by atoms with E-state index < -0.39 is 0 Å². The van der Waals surface area contributed by atoms with Crippen LogP contribution in [0.4, 0.5) is 11.4 Å². The van der Waals surface area contributed by atoms with Crippen LogP contribution in [0.1, 0.15) is 25.0 Å². The van der Waals surface area contributed by atoms with Gasteiger partial charge in [-0.3, -0.25) is 9.98 Å². The number of benzene rings is 2. The van der Waals surface area contributed by atoms with Crippen LogP contribution >= 0.6 is 34.0 Å². The van der Waals surface area contributed by atoms with Crippen molar-refractivity contribution in [3.05, 3.63) is 59.7 Å². The average molecular weight is 459 g/mol. The van der Waals surface area contributed by atoms with E-state index in [0.717, 1.165) is 11.4 Å². The van der Waals surface area contributed by atoms with Gasteiger partial charge in [0.2, 0.25) is 0 Å². The van der Waals surface area contributed by atoms with Crippen LogP contribution in [0.3, 0.4) is 0 Å². The Hall–Kier alpha value is -2.60. The zero-order valence-electron chi connectivity index (χ0n) is 17.9. The van der Waals surface area contributed by atoms with Crippen molar-refractivity contribution in [2.24, 2.45) is 9.98 Å². The van der Waals surface area contributed by atoms with Gasteiger partial charge in [-0.2, -0.15) is 0 Å². The van der Waals surface area contributed by atoms with Gasteiger partial charge in [0.05, 0.1) is 20.8 Å². The molecule has 5 rings (SSSR count). The molecule has 3 aromatic heterocycles. The van der Waals surface area contributed by atoms with E-state index >= 15 is 0 Å². The molecule has 0 radical (unpaired) electrons. The van der Waals surface area contributed by atoms with Gasteiger partial charge in [-0.25, -0.2) is 0 Å². The zero-order chi connectivity index (χ0) is 21.5. The highest BCUT2D eigenvalue weighted by atomic mass is 32.1. The summed E-state index contributed by atoms with van der Waals surface area (Å²) in [5, 5.41) is 0. The number of fused-ring (bicyclic) bond motifs is 3. The Labute approximate surface area is 194 Å². The van der Waals surface area contributed by atoms with Crippen molar-refractivity contribution >= 4 is 76.6 Å². The Morgan fingerprint density at radius 3 is 1.48 bits per heavy atom. The number of thiophene rings is 3. The standard InChI is InChI=1S/C26H22N2S3/c1-5-27-19-11-17(9-7-15(19)3)21-13-23-25(30-21)26-24(29-23)14-22(31-26)18-10-8-16(4)20(12-18)28-6-2/h5-14H,1-4H3/b27-5-,28-6-. The molecule has 154 valence electrons. The van der Waals surface area contributed by atoms with E-state index in [9.17, 15) is 0 Å². The van der Waals surface area contributed by atoms with Gasteiger partial charge in [-0.1, -0.05) is 24.3 Å². The molecule has 0 saturated heterocycles. The highest BCUT2D eigenvalue weighted by Crippen LogP contribution is 2.48. The van der Waals surface area contributed by atoms with Gasteiger partial charge in [0, 0.05) is 31.6 Å². The number of aryl methyl sites for hydroxylation is 2. The van der Waals surface area contributed by atoms with E-state index in [4.69, 9.17) is 0 Å². The molecule has 0 bridgehead atoms. The van der Waals surface area contributed by atoms with Crippen LogP contribution in [-0.2, 0) is 0 Å². The first-order chi connectivity index (χ1) is 15.1. The number of hydrogen-bond donors (Lipinski definition) is 0. The second-order valence-electron chi connectivity index (χ2n) is 7.49. The van der Waals surface area contributed by atoms with E-state index in [1.54, 1.807) is 0 Å². The highest BCUT2D eigenvalue weighted by Gasteiger charge is 2.15. The van der Waals surface area contributed by atoms with Crippen LogP contribution in [0.15, 0.2) is 58.5 Å². The molecular weight excluding hydrogens is 437 g/mol. The van der Waals surface area contributed by atoms with Gasteiger partial charge < -0.3 is 0 Å². The molecule has 0 unspecified atom stereocenters. The van der Waals surface area contributed by atoms with Crippen molar-refractivity contribution < 1.29 is 0 Å². The third kappa shape index (κ3) is 3.67. The number of nitrogens with zero attached hydrogens (tertiary/aromatic N) is 2. The summed E-state index contributed by atoms with van der Waals surface area (Å²) in [4.78, 5) is 11.7. The second kappa shape index (κ2) is 8.15. The lowest BCUT2D eigenvalue weighted by Gasteiger charge is -2.03. The Morgan fingerprint density at radius 1 is 0.613 bits per heavy atom. The Balaban J connectivity index is 1.58. The topological polar surface area (TPSA) is 24.7 Å². The largest absolute Gasteiger partial charge is 0.261 e. The van der Waals surface area contributed by atoms with Crippen LogP contribution in [0.2, 0.25) is 0 Å². The normalized spacial score (nSPS) is 12.3. The van der Waals surface area contributed by atoms with Crippen molar-refractivity contribution in [1.29, 1.82) is 0 Å². The maximum absolute atomic E-state index is 4.52. The Kier molecular flexibility index (Phi) is 5.34. The number of hydrogen-bond acceptors (Lipinski definition) is 5. The molecule has 0 aliphatic rings. The van der Waals surface area contributed by atoms with E-state index in [0.29, 0.717) is 0 Å². The van der Waals surface area contributed by atoms with Crippen LogP contribution < -0.4 is 0 Å². The molecular formula is C26H22N2S3. The molecule has 0 amide bonds. The lowest BCUT2D eigenvalue weighted by Crippen LogP contribution is -1.77. The summed E-state index contributed by atoms with van der Waals surface area (Å²) >= 11 is 5.66. The predicted molar refractivity (Wildman–Crippen MR) is 143 cm³/mol. The third-order valence-corrected chi connectivity index (χ3v) is 9.22. The quantitative estimate of drug-likeness (QED) is 0.239. The van der Waals surface area contributed by atoms with Crippen molar-refractivity contribution in [3.8, 4) is 20.9 Å². The first-order valence-electron chi connectivity index (χ1n) is 10.2. The van der Waals surface area contributed by atoms with Crippen LogP contribution in [0.5, 0.6) is 0 Å². The summed E-state index contributed by atoms with van der Waals surface area (Å²) in [5.41, 5.74) is 6.98.